The summed E-state index contributed by atoms with van der Waals surface area (Å²) in [5, 5.41) is 7.81. The molecule has 7 heteroatoms. The number of hydrogen-bond acceptors (Lipinski definition) is 4. The molecule has 128 valence electrons. The van der Waals surface area contributed by atoms with Gasteiger partial charge in [-0.2, -0.15) is 0 Å². The van der Waals surface area contributed by atoms with Crippen LogP contribution in [0.5, 0.6) is 0 Å². The molecule has 0 aliphatic carbocycles. The highest BCUT2D eigenvalue weighted by atomic mass is 35.5. The Hall–Kier alpha value is -1.79. The van der Waals surface area contributed by atoms with E-state index in [0.717, 1.165) is 40.5 Å². The first-order valence-corrected chi connectivity index (χ1v) is 9.22. The number of urea groups is 1. The van der Waals surface area contributed by atoms with Crippen LogP contribution in [-0.2, 0) is 0 Å². The van der Waals surface area contributed by atoms with Crippen LogP contribution in [0.1, 0.15) is 23.3 Å². The normalized spacial score (nSPS) is 17.6. The van der Waals surface area contributed by atoms with E-state index >= 15 is 0 Å². The van der Waals surface area contributed by atoms with Crippen LogP contribution in [0.2, 0.25) is 5.02 Å². The zero-order chi connectivity index (χ0) is 17.1. The summed E-state index contributed by atoms with van der Waals surface area (Å²) in [6, 6.07) is 6.08. The lowest BCUT2D eigenvalue weighted by atomic mass is 10.1. The Morgan fingerprint density at radius 3 is 2.96 bits per heavy atom. The number of rotatable bonds is 3. The van der Waals surface area contributed by atoms with Crippen molar-refractivity contribution in [3.05, 3.63) is 39.9 Å². The van der Waals surface area contributed by atoms with E-state index in [0.29, 0.717) is 11.7 Å². The second-order valence-corrected chi connectivity index (χ2v) is 7.74. The fourth-order valence-electron chi connectivity index (χ4n) is 2.83. The third kappa shape index (κ3) is 4.19. The first-order valence-electron chi connectivity index (χ1n) is 8.02. The van der Waals surface area contributed by atoms with Gasteiger partial charge in [0.25, 0.3) is 0 Å². The Morgan fingerprint density at radius 2 is 2.25 bits per heavy atom. The number of thiazole rings is 1. The molecule has 1 aromatic carbocycles. The number of piperidine rings is 1. The van der Waals surface area contributed by atoms with Crippen molar-refractivity contribution in [3.63, 3.8) is 0 Å². The minimum Gasteiger partial charge on any atom is -0.381 e. The zero-order valence-electron chi connectivity index (χ0n) is 13.8. The van der Waals surface area contributed by atoms with E-state index < -0.39 is 0 Å². The number of nitrogens with one attached hydrogen (secondary N) is 2. The van der Waals surface area contributed by atoms with E-state index in [1.807, 2.05) is 36.9 Å². The summed E-state index contributed by atoms with van der Waals surface area (Å²) in [5.74, 6) is 0. The first-order chi connectivity index (χ1) is 11.5. The lowest BCUT2D eigenvalue weighted by molar-refractivity contribution is 0.196. The molecular weight excluding hydrogens is 344 g/mol. The van der Waals surface area contributed by atoms with Gasteiger partial charge in [0.2, 0.25) is 0 Å². The standard InChI is InChI=1S/C17H21ClN4OS/c1-11-8-13(5-6-15(11)18)20-14-4-3-7-22(10-14)17(23)21-16-19-9-12(2)24-16/h5-6,8-9,14,20H,3-4,7,10H2,1-2H3,(H,19,21,23)/t14-/m0/s1. The molecule has 0 bridgehead atoms. The predicted octanol–water partition coefficient (Wildman–Crippen LogP) is 4.52. The Kier molecular flexibility index (Phi) is 5.26. The van der Waals surface area contributed by atoms with Crippen LogP contribution >= 0.6 is 22.9 Å². The Labute approximate surface area is 151 Å². The summed E-state index contributed by atoms with van der Waals surface area (Å²) in [7, 11) is 0. The van der Waals surface area contributed by atoms with Crippen molar-refractivity contribution in [2.75, 3.05) is 23.7 Å². The van der Waals surface area contributed by atoms with Crippen molar-refractivity contribution in [1.82, 2.24) is 9.88 Å². The van der Waals surface area contributed by atoms with Gasteiger partial charge in [-0.1, -0.05) is 11.6 Å². The Bertz CT molecular complexity index is 733. The van der Waals surface area contributed by atoms with E-state index in [1.165, 1.54) is 11.3 Å². The van der Waals surface area contributed by atoms with Crippen molar-refractivity contribution >= 4 is 39.8 Å². The molecule has 2 N–H and O–H groups in total. The van der Waals surface area contributed by atoms with Gasteiger partial charge < -0.3 is 10.2 Å². The van der Waals surface area contributed by atoms with Crippen LogP contribution in [0.15, 0.2) is 24.4 Å². The maximum Gasteiger partial charge on any atom is 0.323 e. The smallest absolute Gasteiger partial charge is 0.323 e. The molecule has 1 fully saturated rings. The second kappa shape index (κ2) is 7.40. The van der Waals surface area contributed by atoms with Crippen LogP contribution in [0.25, 0.3) is 0 Å². The lowest BCUT2D eigenvalue weighted by Crippen LogP contribution is -2.46. The van der Waals surface area contributed by atoms with Crippen LogP contribution < -0.4 is 10.6 Å². The van der Waals surface area contributed by atoms with Crippen LogP contribution in [-0.4, -0.2) is 35.0 Å². The monoisotopic (exact) mass is 364 g/mol. The molecule has 1 aliphatic rings. The number of nitrogens with zero attached hydrogens (tertiary/aromatic N) is 2. The number of halogens is 1. The third-order valence-corrected chi connectivity index (χ3v) is 5.32. The SMILES string of the molecule is Cc1cnc(NC(=O)N2CCC[C@H](Nc3ccc(Cl)c(C)c3)C2)s1. The highest BCUT2D eigenvalue weighted by molar-refractivity contribution is 7.15. The number of benzene rings is 1. The molecule has 3 rings (SSSR count). The zero-order valence-corrected chi connectivity index (χ0v) is 15.4. The number of aryl methyl sites for hydroxylation is 2. The van der Waals surface area contributed by atoms with E-state index in [9.17, 15) is 4.79 Å². The minimum absolute atomic E-state index is 0.0804. The van der Waals surface area contributed by atoms with Crippen LogP contribution in [0, 0.1) is 13.8 Å². The minimum atomic E-state index is -0.0804. The number of aromatic nitrogens is 1. The fraction of sp³-hybridized carbons (Fsp3) is 0.412. The topological polar surface area (TPSA) is 57.3 Å². The molecule has 0 unspecified atom stereocenters. The largest absolute Gasteiger partial charge is 0.381 e. The number of likely N-dealkylation sites (tertiary alicyclic amines) is 1. The van der Waals surface area contributed by atoms with Crippen molar-refractivity contribution in [2.45, 2.75) is 32.7 Å². The van der Waals surface area contributed by atoms with E-state index in [4.69, 9.17) is 11.6 Å². The predicted molar refractivity (Wildman–Crippen MR) is 100 cm³/mol. The van der Waals surface area contributed by atoms with Crippen LogP contribution in [0.4, 0.5) is 15.6 Å². The number of amides is 2. The molecular formula is C17H21ClN4OS. The van der Waals surface area contributed by atoms with Gasteiger partial charge in [0.15, 0.2) is 5.13 Å². The lowest BCUT2D eigenvalue weighted by Gasteiger charge is -2.33. The van der Waals surface area contributed by atoms with Gasteiger partial charge in [-0.05, 0) is 50.5 Å². The van der Waals surface area contributed by atoms with Gasteiger partial charge in [-0.25, -0.2) is 9.78 Å². The molecule has 1 aliphatic heterocycles. The molecule has 0 spiro atoms. The molecule has 24 heavy (non-hydrogen) atoms. The average Bonchev–Trinajstić information content (AvgIpc) is 2.96. The van der Waals surface area contributed by atoms with Gasteiger partial charge in [0.1, 0.15) is 0 Å². The first kappa shape index (κ1) is 17.0. The summed E-state index contributed by atoms with van der Waals surface area (Å²) in [5.41, 5.74) is 2.09. The summed E-state index contributed by atoms with van der Waals surface area (Å²) >= 11 is 7.56. The maximum absolute atomic E-state index is 12.4. The third-order valence-electron chi connectivity index (χ3n) is 4.07. The Morgan fingerprint density at radius 1 is 1.42 bits per heavy atom. The number of carbonyl (C=O) groups excluding carboxylic acids is 1. The van der Waals surface area contributed by atoms with Gasteiger partial charge in [0, 0.05) is 40.9 Å². The maximum atomic E-state index is 12.4. The molecule has 0 saturated carbocycles. The van der Waals surface area contributed by atoms with E-state index in [-0.39, 0.29) is 12.1 Å². The van der Waals surface area contributed by atoms with Crippen LogP contribution in [0.3, 0.4) is 0 Å². The summed E-state index contributed by atoms with van der Waals surface area (Å²) in [6.07, 6.45) is 3.79. The van der Waals surface area contributed by atoms with E-state index in [2.05, 4.69) is 15.6 Å². The van der Waals surface area contributed by atoms with E-state index in [1.54, 1.807) is 6.20 Å². The highest BCUT2D eigenvalue weighted by Gasteiger charge is 2.24. The molecule has 1 aromatic heterocycles. The van der Waals surface area contributed by atoms with Crippen molar-refractivity contribution in [2.24, 2.45) is 0 Å². The van der Waals surface area contributed by atoms with Crippen molar-refractivity contribution in [1.29, 1.82) is 0 Å². The summed E-state index contributed by atoms with van der Waals surface area (Å²) in [6.45, 7) is 5.41. The fourth-order valence-corrected chi connectivity index (χ4v) is 3.60. The van der Waals surface area contributed by atoms with Crippen molar-refractivity contribution in [3.8, 4) is 0 Å². The molecule has 0 radical (unpaired) electrons. The number of carbonyl (C=O) groups is 1. The van der Waals surface area contributed by atoms with Gasteiger partial charge in [0.05, 0.1) is 0 Å². The molecule has 2 amide bonds. The van der Waals surface area contributed by atoms with Gasteiger partial charge in [-0.15, -0.1) is 11.3 Å². The summed E-state index contributed by atoms with van der Waals surface area (Å²) < 4.78 is 0. The Balaban J connectivity index is 1.59. The molecule has 2 heterocycles. The second-order valence-electron chi connectivity index (χ2n) is 6.10. The van der Waals surface area contributed by atoms with Gasteiger partial charge in [-0.3, -0.25) is 5.32 Å². The van der Waals surface area contributed by atoms with Gasteiger partial charge >= 0.3 is 6.03 Å². The average molecular weight is 365 g/mol. The molecule has 1 saturated heterocycles. The molecule has 5 nitrogen and oxygen atoms in total. The van der Waals surface area contributed by atoms with Crippen molar-refractivity contribution < 1.29 is 4.79 Å². The number of hydrogen-bond donors (Lipinski definition) is 2. The number of anilines is 2. The quantitative estimate of drug-likeness (QED) is 0.841. The molecule has 2 aromatic rings. The summed E-state index contributed by atoms with van der Waals surface area (Å²) in [4.78, 5) is 19.5. The highest BCUT2D eigenvalue weighted by Crippen LogP contribution is 2.23. The molecule has 1 atom stereocenters.